The van der Waals surface area contributed by atoms with Gasteiger partial charge in [0.05, 0.1) is 0 Å². The van der Waals surface area contributed by atoms with Gasteiger partial charge >= 0.3 is 0 Å². The third kappa shape index (κ3) is 4.07. The van der Waals surface area contributed by atoms with Gasteiger partial charge in [-0.15, -0.1) is 0 Å². The highest BCUT2D eigenvalue weighted by Gasteiger charge is 2.07. The Labute approximate surface area is 123 Å². The van der Waals surface area contributed by atoms with E-state index in [1.54, 1.807) is 55.5 Å². The molecule has 0 saturated carbocycles. The molecule has 0 fully saturated rings. The fourth-order valence-electron chi connectivity index (χ4n) is 1.81. The Balaban J connectivity index is 2.11. The van der Waals surface area contributed by atoms with Gasteiger partial charge in [0, 0.05) is 29.0 Å². The van der Waals surface area contributed by atoms with Gasteiger partial charge in [0.15, 0.2) is 0 Å². The molecule has 0 saturated heterocycles. The van der Waals surface area contributed by atoms with Crippen LogP contribution in [-0.2, 0) is 4.79 Å². The molecule has 2 aromatic carbocycles. The summed E-state index contributed by atoms with van der Waals surface area (Å²) in [4.78, 5) is 23.5. The van der Waals surface area contributed by atoms with E-state index in [2.05, 4.69) is 10.6 Å². The molecule has 2 rings (SSSR count). The Kier molecular flexibility index (Phi) is 4.56. The molecule has 0 bridgehead atoms. The van der Waals surface area contributed by atoms with Crippen molar-refractivity contribution in [2.75, 3.05) is 16.4 Å². The fourth-order valence-corrected chi connectivity index (χ4v) is 1.81. The molecule has 0 aliphatic heterocycles. The number of hydrogen-bond acceptors (Lipinski definition) is 3. The Morgan fingerprint density at radius 1 is 1.00 bits per heavy atom. The molecule has 5 heteroatoms. The number of nitrogens with two attached hydrogens (primary N) is 1. The summed E-state index contributed by atoms with van der Waals surface area (Å²) in [6.07, 6.45) is 0.403. The van der Waals surface area contributed by atoms with Gasteiger partial charge in [-0.05, 0) is 36.4 Å². The van der Waals surface area contributed by atoms with E-state index in [-0.39, 0.29) is 11.8 Å². The van der Waals surface area contributed by atoms with Crippen LogP contribution in [0.2, 0.25) is 0 Å². The number of carbonyl (C=O) groups is 2. The molecule has 0 unspecified atom stereocenters. The molecule has 0 aliphatic carbocycles. The normalized spacial score (nSPS) is 9.95. The van der Waals surface area contributed by atoms with Gasteiger partial charge in [0.25, 0.3) is 5.91 Å². The van der Waals surface area contributed by atoms with Crippen molar-refractivity contribution >= 4 is 28.9 Å². The second kappa shape index (κ2) is 6.56. The Hall–Kier alpha value is -2.82. The van der Waals surface area contributed by atoms with Crippen LogP contribution in [0.25, 0.3) is 0 Å². The number of anilines is 3. The predicted octanol–water partition coefficient (Wildman–Crippen LogP) is 2.87. The maximum atomic E-state index is 12.1. The third-order valence-corrected chi connectivity index (χ3v) is 2.87. The van der Waals surface area contributed by atoms with Gasteiger partial charge in [-0.3, -0.25) is 9.59 Å². The van der Waals surface area contributed by atoms with Crippen molar-refractivity contribution < 1.29 is 9.59 Å². The molecule has 5 nitrogen and oxygen atoms in total. The summed E-state index contributed by atoms with van der Waals surface area (Å²) in [5.41, 5.74) is 7.93. The van der Waals surface area contributed by atoms with Gasteiger partial charge in [0.1, 0.15) is 0 Å². The van der Waals surface area contributed by atoms with E-state index in [4.69, 9.17) is 5.73 Å². The van der Waals surface area contributed by atoms with Crippen molar-refractivity contribution in [3.05, 3.63) is 54.1 Å². The zero-order valence-corrected chi connectivity index (χ0v) is 11.7. The standard InChI is InChI=1S/C16H17N3O2/c1-2-15(20)18-13-7-4-8-14(10-13)19-16(21)11-5-3-6-12(17)9-11/h3-10H,2,17H2,1H3,(H,18,20)(H,19,21). The summed E-state index contributed by atoms with van der Waals surface area (Å²) < 4.78 is 0. The largest absolute Gasteiger partial charge is 0.399 e. The highest BCUT2D eigenvalue weighted by Crippen LogP contribution is 2.17. The first kappa shape index (κ1) is 14.6. The maximum absolute atomic E-state index is 12.1. The van der Waals surface area contributed by atoms with Gasteiger partial charge < -0.3 is 16.4 Å². The number of carbonyl (C=O) groups excluding carboxylic acids is 2. The van der Waals surface area contributed by atoms with Crippen LogP contribution >= 0.6 is 0 Å². The summed E-state index contributed by atoms with van der Waals surface area (Å²) >= 11 is 0. The topological polar surface area (TPSA) is 84.2 Å². The van der Waals surface area contributed by atoms with Crippen LogP contribution in [0.15, 0.2) is 48.5 Å². The second-order valence-corrected chi connectivity index (χ2v) is 4.56. The molecule has 0 aromatic heterocycles. The molecule has 0 spiro atoms. The van der Waals surface area contributed by atoms with Gasteiger partial charge in [-0.25, -0.2) is 0 Å². The minimum Gasteiger partial charge on any atom is -0.399 e. The van der Waals surface area contributed by atoms with Crippen LogP contribution in [0, 0.1) is 0 Å². The van der Waals surface area contributed by atoms with Crippen molar-refractivity contribution in [2.24, 2.45) is 0 Å². The zero-order valence-electron chi connectivity index (χ0n) is 11.7. The van der Waals surface area contributed by atoms with Crippen LogP contribution in [0.5, 0.6) is 0 Å². The maximum Gasteiger partial charge on any atom is 0.255 e. The van der Waals surface area contributed by atoms with E-state index in [1.807, 2.05) is 0 Å². The van der Waals surface area contributed by atoms with Crippen LogP contribution in [-0.4, -0.2) is 11.8 Å². The van der Waals surface area contributed by atoms with Gasteiger partial charge in [-0.2, -0.15) is 0 Å². The number of amides is 2. The minimum absolute atomic E-state index is 0.0747. The van der Waals surface area contributed by atoms with Crippen molar-refractivity contribution in [1.29, 1.82) is 0 Å². The summed E-state index contributed by atoms with van der Waals surface area (Å²) in [5.74, 6) is -0.324. The highest BCUT2D eigenvalue weighted by atomic mass is 16.2. The zero-order chi connectivity index (χ0) is 15.2. The molecular formula is C16H17N3O2. The molecule has 2 amide bonds. The molecule has 108 valence electrons. The average molecular weight is 283 g/mol. The Bertz CT molecular complexity index is 668. The lowest BCUT2D eigenvalue weighted by atomic mass is 10.2. The fraction of sp³-hybridized carbons (Fsp3) is 0.125. The van der Waals surface area contributed by atoms with E-state index in [0.717, 1.165) is 0 Å². The SMILES string of the molecule is CCC(=O)Nc1cccc(NC(=O)c2cccc(N)c2)c1. The number of nitrogen functional groups attached to an aromatic ring is 1. The lowest BCUT2D eigenvalue weighted by Crippen LogP contribution is -2.13. The predicted molar refractivity (Wildman–Crippen MR) is 84.2 cm³/mol. The average Bonchev–Trinajstić information content (AvgIpc) is 2.47. The Morgan fingerprint density at radius 3 is 2.33 bits per heavy atom. The van der Waals surface area contributed by atoms with E-state index >= 15 is 0 Å². The van der Waals surface area contributed by atoms with Crippen LogP contribution < -0.4 is 16.4 Å². The molecule has 0 radical (unpaired) electrons. The quantitative estimate of drug-likeness (QED) is 0.754. The summed E-state index contributed by atoms with van der Waals surface area (Å²) in [6.45, 7) is 1.78. The Morgan fingerprint density at radius 2 is 1.67 bits per heavy atom. The van der Waals surface area contributed by atoms with Crippen molar-refractivity contribution in [3.8, 4) is 0 Å². The van der Waals surface area contributed by atoms with Crippen molar-refractivity contribution in [2.45, 2.75) is 13.3 Å². The number of rotatable bonds is 4. The van der Waals surface area contributed by atoms with Crippen LogP contribution in [0.3, 0.4) is 0 Å². The first-order chi connectivity index (χ1) is 10.1. The van der Waals surface area contributed by atoms with Gasteiger partial charge in [-0.1, -0.05) is 19.1 Å². The smallest absolute Gasteiger partial charge is 0.255 e. The van der Waals surface area contributed by atoms with E-state index in [0.29, 0.717) is 29.0 Å². The van der Waals surface area contributed by atoms with E-state index in [9.17, 15) is 9.59 Å². The number of nitrogens with one attached hydrogen (secondary N) is 2. The molecule has 0 heterocycles. The monoisotopic (exact) mass is 283 g/mol. The lowest BCUT2D eigenvalue weighted by molar-refractivity contribution is -0.115. The van der Waals surface area contributed by atoms with Crippen molar-refractivity contribution in [1.82, 2.24) is 0 Å². The highest BCUT2D eigenvalue weighted by molar-refractivity contribution is 6.05. The second-order valence-electron chi connectivity index (χ2n) is 4.56. The first-order valence-corrected chi connectivity index (χ1v) is 6.65. The van der Waals surface area contributed by atoms with E-state index < -0.39 is 0 Å². The van der Waals surface area contributed by atoms with Crippen molar-refractivity contribution in [3.63, 3.8) is 0 Å². The van der Waals surface area contributed by atoms with E-state index in [1.165, 1.54) is 0 Å². The summed E-state index contributed by atoms with van der Waals surface area (Å²) in [5, 5.41) is 5.52. The number of benzene rings is 2. The molecule has 0 atom stereocenters. The first-order valence-electron chi connectivity index (χ1n) is 6.65. The molecule has 21 heavy (non-hydrogen) atoms. The molecule has 4 N–H and O–H groups in total. The van der Waals surface area contributed by atoms with Crippen LogP contribution in [0.1, 0.15) is 23.7 Å². The molecule has 0 aliphatic rings. The molecular weight excluding hydrogens is 266 g/mol. The van der Waals surface area contributed by atoms with Crippen LogP contribution in [0.4, 0.5) is 17.1 Å². The summed E-state index contributed by atoms with van der Waals surface area (Å²) in [6, 6.07) is 13.7. The minimum atomic E-state index is -0.249. The third-order valence-electron chi connectivity index (χ3n) is 2.87. The lowest BCUT2D eigenvalue weighted by Gasteiger charge is -2.08. The molecule has 2 aromatic rings. The van der Waals surface area contributed by atoms with Gasteiger partial charge in [0.2, 0.25) is 5.91 Å². The summed E-state index contributed by atoms with van der Waals surface area (Å²) in [7, 11) is 0. The number of hydrogen-bond donors (Lipinski definition) is 3.